The summed E-state index contributed by atoms with van der Waals surface area (Å²) in [5.41, 5.74) is 1.14. The average Bonchev–Trinajstić information content (AvgIpc) is 3.26. The summed E-state index contributed by atoms with van der Waals surface area (Å²) in [6.45, 7) is 9.00. The van der Waals surface area contributed by atoms with E-state index in [9.17, 15) is 4.79 Å². The molecule has 0 fully saturated rings. The Morgan fingerprint density at radius 3 is 2.92 bits per heavy atom. The highest BCUT2D eigenvalue weighted by Crippen LogP contribution is 2.24. The molecule has 0 spiro atoms. The molecule has 2 aromatic rings. The molecule has 3 rings (SSSR count). The van der Waals surface area contributed by atoms with Crippen LogP contribution < -0.4 is 0 Å². The number of aromatic nitrogens is 2. The Morgan fingerprint density at radius 1 is 1.38 bits per heavy atom. The van der Waals surface area contributed by atoms with E-state index in [4.69, 9.17) is 0 Å². The number of nitrogens with zero attached hydrogens (tertiary/aromatic N) is 4. The van der Waals surface area contributed by atoms with E-state index < -0.39 is 0 Å². The average molecular weight is 347 g/mol. The number of thiophene rings is 1. The first-order valence-corrected chi connectivity index (χ1v) is 9.64. The number of hydrogen-bond acceptors (Lipinski definition) is 4. The molecule has 3 heterocycles. The second-order valence-corrected chi connectivity index (χ2v) is 7.30. The molecular formula is C18H26N4OS. The SMILES string of the molecule is CCN(CC)CC[C@@H]1CN(C(=O)Cc2cccs2)Cc2ccnn21. The first kappa shape index (κ1) is 17.2. The highest BCUT2D eigenvalue weighted by Gasteiger charge is 2.28. The van der Waals surface area contributed by atoms with Crippen LogP contribution in [0.15, 0.2) is 29.8 Å². The number of hydrogen-bond donors (Lipinski definition) is 0. The Balaban J connectivity index is 1.67. The fourth-order valence-electron chi connectivity index (χ4n) is 3.34. The van der Waals surface area contributed by atoms with Crippen molar-refractivity contribution in [3.8, 4) is 0 Å². The molecule has 0 saturated carbocycles. The maximum absolute atomic E-state index is 12.7. The maximum atomic E-state index is 12.7. The third kappa shape index (κ3) is 3.87. The second-order valence-electron chi connectivity index (χ2n) is 6.27. The Kier molecular flexibility index (Phi) is 5.68. The van der Waals surface area contributed by atoms with Crippen LogP contribution in [0.4, 0.5) is 0 Å². The number of amides is 1. The standard InChI is InChI=1S/C18H26N4OS/c1-3-20(4-2)10-8-16-14-21(13-15-7-9-19-22(15)16)18(23)12-17-6-5-11-24-17/h5-7,9,11,16H,3-4,8,10,12-14H2,1-2H3/t16-/m1/s1. The molecule has 2 aromatic heterocycles. The van der Waals surface area contributed by atoms with Gasteiger partial charge in [-0.2, -0.15) is 5.10 Å². The quantitative estimate of drug-likeness (QED) is 0.774. The van der Waals surface area contributed by atoms with Crippen LogP contribution in [0, 0.1) is 0 Å². The van der Waals surface area contributed by atoms with Gasteiger partial charge in [0, 0.05) is 24.2 Å². The van der Waals surface area contributed by atoms with Crippen molar-refractivity contribution in [1.29, 1.82) is 0 Å². The van der Waals surface area contributed by atoms with Crippen LogP contribution in [-0.2, 0) is 17.8 Å². The van der Waals surface area contributed by atoms with Crippen molar-refractivity contribution in [2.75, 3.05) is 26.2 Å². The van der Waals surface area contributed by atoms with E-state index in [0.29, 0.717) is 13.0 Å². The molecule has 1 aliphatic rings. The van der Waals surface area contributed by atoms with Gasteiger partial charge in [0.15, 0.2) is 0 Å². The van der Waals surface area contributed by atoms with Crippen LogP contribution in [0.2, 0.25) is 0 Å². The van der Waals surface area contributed by atoms with Crippen LogP contribution in [0.3, 0.4) is 0 Å². The van der Waals surface area contributed by atoms with Crippen LogP contribution in [-0.4, -0.2) is 51.7 Å². The van der Waals surface area contributed by atoms with Crippen molar-refractivity contribution in [2.45, 2.75) is 39.3 Å². The second kappa shape index (κ2) is 7.94. The van der Waals surface area contributed by atoms with Gasteiger partial charge in [0.25, 0.3) is 0 Å². The Hall–Kier alpha value is -1.66. The Morgan fingerprint density at radius 2 is 2.21 bits per heavy atom. The highest BCUT2D eigenvalue weighted by molar-refractivity contribution is 7.10. The first-order chi connectivity index (χ1) is 11.7. The van der Waals surface area contributed by atoms with Gasteiger partial charge in [0.1, 0.15) is 0 Å². The van der Waals surface area contributed by atoms with E-state index in [1.54, 1.807) is 11.3 Å². The summed E-state index contributed by atoms with van der Waals surface area (Å²) in [7, 11) is 0. The van der Waals surface area contributed by atoms with Gasteiger partial charge in [0.2, 0.25) is 5.91 Å². The van der Waals surface area contributed by atoms with Crippen molar-refractivity contribution < 1.29 is 4.79 Å². The summed E-state index contributed by atoms with van der Waals surface area (Å²) in [6.07, 6.45) is 3.39. The van der Waals surface area contributed by atoms with Crippen molar-refractivity contribution >= 4 is 17.2 Å². The van der Waals surface area contributed by atoms with Gasteiger partial charge in [0.05, 0.1) is 24.7 Å². The zero-order valence-electron chi connectivity index (χ0n) is 14.5. The van der Waals surface area contributed by atoms with Crippen molar-refractivity contribution in [2.24, 2.45) is 0 Å². The minimum Gasteiger partial charge on any atom is -0.334 e. The van der Waals surface area contributed by atoms with Crippen molar-refractivity contribution in [1.82, 2.24) is 19.6 Å². The van der Waals surface area contributed by atoms with Gasteiger partial charge in [-0.3, -0.25) is 9.48 Å². The lowest BCUT2D eigenvalue weighted by atomic mass is 10.1. The van der Waals surface area contributed by atoms with Crippen molar-refractivity contribution in [3.05, 3.63) is 40.3 Å². The summed E-state index contributed by atoms with van der Waals surface area (Å²) in [5.74, 6) is 0.220. The molecule has 1 atom stereocenters. The largest absolute Gasteiger partial charge is 0.334 e. The monoisotopic (exact) mass is 346 g/mol. The predicted octanol–water partition coefficient (Wildman–Crippen LogP) is 2.80. The third-order valence-corrected chi connectivity index (χ3v) is 5.69. The normalized spacial score (nSPS) is 17.3. The summed E-state index contributed by atoms with van der Waals surface area (Å²) in [4.78, 5) is 18.3. The molecule has 130 valence electrons. The first-order valence-electron chi connectivity index (χ1n) is 8.76. The molecule has 0 radical (unpaired) electrons. The van der Waals surface area contributed by atoms with E-state index in [1.807, 2.05) is 34.7 Å². The molecule has 6 heteroatoms. The van der Waals surface area contributed by atoms with Gasteiger partial charge in [-0.1, -0.05) is 19.9 Å². The van der Waals surface area contributed by atoms with E-state index >= 15 is 0 Å². The number of carbonyl (C=O) groups is 1. The molecule has 0 aromatic carbocycles. The van der Waals surface area contributed by atoms with Crippen LogP contribution in [0.25, 0.3) is 0 Å². The van der Waals surface area contributed by atoms with E-state index in [-0.39, 0.29) is 11.9 Å². The van der Waals surface area contributed by atoms with Crippen LogP contribution in [0.1, 0.15) is 36.9 Å². The van der Waals surface area contributed by atoms with Gasteiger partial charge in [-0.25, -0.2) is 0 Å². The fraction of sp³-hybridized carbons (Fsp3) is 0.556. The number of fused-ring (bicyclic) bond motifs is 1. The van der Waals surface area contributed by atoms with Gasteiger partial charge in [-0.15, -0.1) is 11.3 Å². The van der Waals surface area contributed by atoms with Gasteiger partial charge >= 0.3 is 0 Å². The summed E-state index contributed by atoms with van der Waals surface area (Å²) in [5, 5.41) is 6.53. The topological polar surface area (TPSA) is 41.4 Å². The van der Waals surface area contributed by atoms with E-state index in [0.717, 1.165) is 43.2 Å². The summed E-state index contributed by atoms with van der Waals surface area (Å²) < 4.78 is 2.12. The molecule has 1 aliphatic heterocycles. The summed E-state index contributed by atoms with van der Waals surface area (Å²) in [6, 6.07) is 6.35. The zero-order valence-corrected chi connectivity index (χ0v) is 15.3. The molecule has 0 unspecified atom stereocenters. The highest BCUT2D eigenvalue weighted by atomic mass is 32.1. The molecule has 0 saturated heterocycles. The molecule has 5 nitrogen and oxygen atoms in total. The molecular weight excluding hydrogens is 320 g/mol. The lowest BCUT2D eigenvalue weighted by molar-refractivity contribution is -0.132. The smallest absolute Gasteiger partial charge is 0.228 e. The van der Waals surface area contributed by atoms with Crippen LogP contribution in [0.5, 0.6) is 0 Å². The molecule has 24 heavy (non-hydrogen) atoms. The number of rotatable bonds is 7. The molecule has 1 amide bonds. The number of carbonyl (C=O) groups excluding carboxylic acids is 1. The molecule has 0 aliphatic carbocycles. The fourth-order valence-corrected chi connectivity index (χ4v) is 4.03. The zero-order chi connectivity index (χ0) is 16.9. The van der Waals surface area contributed by atoms with Crippen LogP contribution >= 0.6 is 11.3 Å². The Labute approximate surface area is 147 Å². The lowest BCUT2D eigenvalue weighted by Gasteiger charge is -2.35. The maximum Gasteiger partial charge on any atom is 0.228 e. The van der Waals surface area contributed by atoms with Crippen molar-refractivity contribution in [3.63, 3.8) is 0 Å². The minimum atomic E-state index is 0.220. The molecule has 0 bridgehead atoms. The minimum absolute atomic E-state index is 0.220. The van der Waals surface area contributed by atoms with E-state index in [1.165, 1.54) is 0 Å². The van der Waals surface area contributed by atoms with Gasteiger partial charge in [-0.05, 0) is 37.0 Å². The van der Waals surface area contributed by atoms with Gasteiger partial charge < -0.3 is 9.80 Å². The molecule has 0 N–H and O–H groups in total. The lowest BCUT2D eigenvalue weighted by Crippen LogP contribution is -2.43. The Bertz CT molecular complexity index is 648. The van der Waals surface area contributed by atoms with E-state index in [2.05, 4.69) is 28.5 Å². The third-order valence-electron chi connectivity index (χ3n) is 4.81. The predicted molar refractivity (Wildman–Crippen MR) is 97.1 cm³/mol. The summed E-state index contributed by atoms with van der Waals surface area (Å²) >= 11 is 1.65.